The molecule has 4 aliphatic heterocycles. The molecule has 0 aromatic heterocycles. The fourth-order valence-electron chi connectivity index (χ4n) is 11.0. The van der Waals surface area contributed by atoms with Crippen LogP contribution in [0.2, 0.25) is 0 Å². The minimum atomic E-state index is -1.74. The predicted molar refractivity (Wildman–Crippen MR) is 149 cm³/mol. The average Bonchev–Trinajstić information content (AvgIpc) is 3.65. The Balaban J connectivity index is 1.10. The van der Waals surface area contributed by atoms with Gasteiger partial charge in [0.05, 0.1) is 23.9 Å². The van der Waals surface area contributed by atoms with Gasteiger partial charge in [-0.3, -0.25) is 4.99 Å². The quantitative estimate of drug-likeness (QED) is 0.285. The molecule has 8 rings (SSSR count). The number of esters is 1. The van der Waals surface area contributed by atoms with Crippen LogP contribution in [0.15, 0.2) is 16.6 Å². The number of aldehydes is 1. The lowest BCUT2D eigenvalue weighted by Gasteiger charge is -2.65. The highest BCUT2D eigenvalue weighted by atomic mass is 32.2. The zero-order chi connectivity index (χ0) is 28.4. The molecule has 41 heavy (non-hydrogen) atoms. The minimum absolute atomic E-state index is 0.0107. The van der Waals surface area contributed by atoms with Crippen LogP contribution in [0, 0.1) is 34.5 Å². The lowest BCUT2D eigenvalue weighted by atomic mass is 9.42. The summed E-state index contributed by atoms with van der Waals surface area (Å²) in [5.74, 6) is -1.08. The number of carbonyl (C=O) groups is 2. The summed E-state index contributed by atoms with van der Waals surface area (Å²) in [6.45, 7) is 4.49. The van der Waals surface area contributed by atoms with E-state index in [2.05, 4.69) is 6.92 Å². The Hall–Kier alpha value is -1.30. The van der Waals surface area contributed by atoms with E-state index in [0.29, 0.717) is 38.0 Å². The van der Waals surface area contributed by atoms with Gasteiger partial charge in [-0.05, 0) is 87.5 Å². The van der Waals surface area contributed by atoms with Gasteiger partial charge in [0.15, 0.2) is 4.87 Å². The normalized spacial score (nSPS) is 57.2. The number of hydrogen-bond donors (Lipinski definition) is 2. The number of thioether (sulfide) groups is 1. The third-order valence-corrected chi connectivity index (χ3v) is 14.2. The van der Waals surface area contributed by atoms with E-state index in [1.54, 1.807) is 17.8 Å². The van der Waals surface area contributed by atoms with Gasteiger partial charge in [0.1, 0.15) is 12.9 Å². The molecule has 0 aromatic rings. The summed E-state index contributed by atoms with van der Waals surface area (Å²) in [7, 11) is 0. The SMILES string of the molecule is C[C@@H]1C[C@@]2(N=CCS2)[C@@]2(O)O[C@@H]3C[C@@]4(C=O)[C@@H](CC[C@@H]5[C@@H]4CC[C@]4(C)[C@@H](C6=CC(=O)OC6)CC[C@]54O)C[C@H]3O[C@@H]2O1. The van der Waals surface area contributed by atoms with E-state index in [4.69, 9.17) is 23.9 Å². The van der Waals surface area contributed by atoms with E-state index >= 15 is 0 Å². The van der Waals surface area contributed by atoms with Crippen molar-refractivity contribution in [3.05, 3.63) is 11.6 Å². The highest BCUT2D eigenvalue weighted by Crippen LogP contribution is 2.70. The first-order valence-corrected chi connectivity index (χ1v) is 16.5. The first-order valence-electron chi connectivity index (χ1n) is 15.5. The molecule has 0 aromatic carbocycles. The standard InChI is InChI=1S/C31H41NO8S/c1-17-13-30(32-9-10-41-30)31(36)26(38-17)39-23-12-19-3-4-22-21(28(19,16-33)14-24(23)40-31)5-7-27(2)20(6-8-29(22,27)35)18-11-25(34)37-15-18/h9,11,16-17,19-24,26,35-36H,3-8,10,12-15H2,1-2H3/t17-,19+,20-,21+,22-,23-,24-,26+,27-,28-,29+,30+,31+/m1/s1. The summed E-state index contributed by atoms with van der Waals surface area (Å²) in [6.07, 6.45) is 9.34. The summed E-state index contributed by atoms with van der Waals surface area (Å²) in [6, 6.07) is 0. The number of aliphatic imine (C=N–C) groups is 1. The number of cyclic esters (lactones) is 1. The maximum atomic E-state index is 13.3. The zero-order valence-corrected chi connectivity index (χ0v) is 24.6. The van der Waals surface area contributed by atoms with Crippen molar-refractivity contribution < 1.29 is 38.7 Å². The van der Waals surface area contributed by atoms with Gasteiger partial charge in [0, 0.05) is 35.3 Å². The summed E-state index contributed by atoms with van der Waals surface area (Å²) in [5, 5.41) is 24.6. The zero-order valence-electron chi connectivity index (χ0n) is 23.8. The fraction of sp³-hybridized carbons (Fsp3) is 0.839. The van der Waals surface area contributed by atoms with Crippen LogP contribution in [0.25, 0.3) is 0 Å². The van der Waals surface area contributed by atoms with E-state index < -0.39 is 34.1 Å². The predicted octanol–water partition coefficient (Wildman–Crippen LogP) is 3.15. The lowest BCUT2D eigenvalue weighted by Crippen LogP contribution is -2.73. The second kappa shape index (κ2) is 8.88. The molecule has 4 heterocycles. The van der Waals surface area contributed by atoms with Gasteiger partial charge < -0.3 is 34.0 Å². The van der Waals surface area contributed by atoms with Crippen LogP contribution in [0.5, 0.6) is 0 Å². The fourth-order valence-corrected chi connectivity index (χ4v) is 12.3. The van der Waals surface area contributed by atoms with Crippen molar-refractivity contribution in [2.24, 2.45) is 39.5 Å². The van der Waals surface area contributed by atoms with Crippen LogP contribution in [-0.4, -0.2) is 81.9 Å². The molecule has 0 radical (unpaired) electrons. The smallest absolute Gasteiger partial charge is 0.331 e. The first kappa shape index (κ1) is 27.3. The lowest BCUT2D eigenvalue weighted by molar-refractivity contribution is -0.445. The van der Waals surface area contributed by atoms with Gasteiger partial charge in [-0.1, -0.05) is 6.92 Å². The highest BCUT2D eigenvalue weighted by Gasteiger charge is 2.72. The van der Waals surface area contributed by atoms with E-state index in [1.165, 1.54) is 6.29 Å². The molecule has 4 aliphatic carbocycles. The molecule has 2 saturated heterocycles. The van der Waals surface area contributed by atoms with Crippen LogP contribution >= 0.6 is 11.8 Å². The number of aliphatic hydroxyl groups is 2. The molecule has 224 valence electrons. The largest absolute Gasteiger partial charge is 0.458 e. The van der Waals surface area contributed by atoms with E-state index in [0.717, 1.165) is 37.7 Å². The van der Waals surface area contributed by atoms with Gasteiger partial charge in [-0.25, -0.2) is 4.79 Å². The highest BCUT2D eigenvalue weighted by molar-refractivity contribution is 8.01. The van der Waals surface area contributed by atoms with Crippen LogP contribution in [-0.2, 0) is 28.5 Å². The summed E-state index contributed by atoms with van der Waals surface area (Å²) in [5.41, 5.74) is -0.925. The molecule has 10 heteroatoms. The third kappa shape index (κ3) is 3.41. The maximum absolute atomic E-state index is 13.3. The van der Waals surface area contributed by atoms with Crippen molar-refractivity contribution in [2.75, 3.05) is 12.4 Å². The topological polar surface area (TPSA) is 124 Å². The molecule has 0 amide bonds. The van der Waals surface area contributed by atoms with Gasteiger partial charge in [-0.15, -0.1) is 11.8 Å². The summed E-state index contributed by atoms with van der Waals surface area (Å²) >= 11 is 1.56. The van der Waals surface area contributed by atoms with Crippen LogP contribution < -0.4 is 0 Å². The van der Waals surface area contributed by atoms with Gasteiger partial charge >= 0.3 is 5.97 Å². The summed E-state index contributed by atoms with van der Waals surface area (Å²) in [4.78, 5) is 29.1. The number of fused-ring (bicyclic) bond motifs is 8. The molecule has 4 saturated carbocycles. The second-order valence-electron chi connectivity index (χ2n) is 14.4. The molecule has 0 unspecified atom stereocenters. The van der Waals surface area contributed by atoms with Crippen molar-refractivity contribution >= 4 is 30.2 Å². The Morgan fingerprint density at radius 1 is 1.07 bits per heavy atom. The Kier molecular flexibility index (Phi) is 5.91. The van der Waals surface area contributed by atoms with Gasteiger partial charge in [0.2, 0.25) is 6.29 Å². The maximum Gasteiger partial charge on any atom is 0.331 e. The molecule has 13 atom stereocenters. The minimum Gasteiger partial charge on any atom is -0.458 e. The molecule has 0 bridgehead atoms. The van der Waals surface area contributed by atoms with Crippen molar-refractivity contribution in [1.29, 1.82) is 0 Å². The Bertz CT molecular complexity index is 1230. The van der Waals surface area contributed by atoms with Crippen molar-refractivity contribution in [1.82, 2.24) is 0 Å². The van der Waals surface area contributed by atoms with E-state index in [9.17, 15) is 19.8 Å². The monoisotopic (exact) mass is 587 g/mol. The Morgan fingerprint density at radius 2 is 1.93 bits per heavy atom. The number of rotatable bonds is 2. The molecule has 9 nitrogen and oxygen atoms in total. The Morgan fingerprint density at radius 3 is 2.66 bits per heavy atom. The van der Waals surface area contributed by atoms with E-state index in [-0.39, 0.29) is 47.3 Å². The van der Waals surface area contributed by atoms with Crippen LogP contribution in [0.4, 0.5) is 0 Å². The number of carbonyl (C=O) groups excluding carboxylic acids is 2. The van der Waals surface area contributed by atoms with Crippen LogP contribution in [0.1, 0.15) is 71.6 Å². The van der Waals surface area contributed by atoms with Crippen molar-refractivity contribution in [3.63, 3.8) is 0 Å². The second-order valence-corrected chi connectivity index (χ2v) is 15.7. The Labute approximate surface area is 244 Å². The molecular formula is C31H41NO8S. The molecule has 2 N–H and O–H groups in total. The number of nitrogens with zero attached hydrogens (tertiary/aromatic N) is 1. The third-order valence-electron chi connectivity index (χ3n) is 12.9. The van der Waals surface area contributed by atoms with E-state index in [1.807, 2.05) is 13.1 Å². The summed E-state index contributed by atoms with van der Waals surface area (Å²) < 4.78 is 24.5. The van der Waals surface area contributed by atoms with Crippen molar-refractivity contribution in [2.45, 2.75) is 112 Å². The van der Waals surface area contributed by atoms with Gasteiger partial charge in [0.25, 0.3) is 5.79 Å². The first-order chi connectivity index (χ1) is 19.6. The number of hydrogen-bond acceptors (Lipinski definition) is 10. The van der Waals surface area contributed by atoms with Gasteiger partial charge in [-0.2, -0.15) is 0 Å². The van der Waals surface area contributed by atoms with Crippen LogP contribution in [0.3, 0.4) is 0 Å². The molecule has 6 fully saturated rings. The molecular weight excluding hydrogens is 546 g/mol. The molecule has 1 spiro atoms. The number of ether oxygens (including phenoxy) is 4. The average molecular weight is 588 g/mol. The van der Waals surface area contributed by atoms with Crippen molar-refractivity contribution in [3.8, 4) is 0 Å². The molecule has 8 aliphatic rings.